The van der Waals surface area contributed by atoms with Crippen molar-refractivity contribution in [1.82, 2.24) is 10.3 Å². The summed E-state index contributed by atoms with van der Waals surface area (Å²) < 4.78 is 16.7. The minimum absolute atomic E-state index is 0.0456. The summed E-state index contributed by atoms with van der Waals surface area (Å²) in [5.41, 5.74) is 2.65. The number of nitrogens with zero attached hydrogens (tertiary/aromatic N) is 3. The summed E-state index contributed by atoms with van der Waals surface area (Å²) >= 11 is 5.77. The number of nitrogens with one attached hydrogen (secondary N) is 2. The SMILES string of the molecule is COCC(=O)Nc1ccc(N2C(=S)NC(c3ccccn3)C2c2ccc(-c3ccc([N+](=O)[O-])cc3OC)o2)cc1. The highest BCUT2D eigenvalue weighted by molar-refractivity contribution is 7.80. The number of benzene rings is 2. The molecule has 0 radical (unpaired) electrons. The van der Waals surface area contributed by atoms with E-state index in [1.807, 2.05) is 41.3 Å². The standard InChI is InChI=1S/C28H25N5O6S/c1-37-16-25(34)30-17-6-8-18(9-7-17)32-27(26(31-28(32)40)21-5-3-4-14-29-21)23-13-12-22(39-23)20-11-10-19(33(35)36)15-24(20)38-2/h3-15,26-27H,16H2,1-2H3,(H,30,34)(H,31,40). The number of non-ortho nitro benzene ring substituents is 1. The topological polar surface area (TPSA) is 132 Å². The summed E-state index contributed by atoms with van der Waals surface area (Å²) in [6.45, 7) is -0.0456. The molecular formula is C28H25N5O6S. The molecule has 2 atom stereocenters. The number of methoxy groups -OCH3 is 2. The van der Waals surface area contributed by atoms with Crippen LogP contribution in [-0.2, 0) is 9.53 Å². The highest BCUT2D eigenvalue weighted by Gasteiger charge is 2.42. The van der Waals surface area contributed by atoms with E-state index in [9.17, 15) is 14.9 Å². The Balaban J connectivity index is 1.52. The van der Waals surface area contributed by atoms with Crippen LogP contribution in [0.3, 0.4) is 0 Å². The number of nitro groups is 1. The third kappa shape index (κ3) is 5.35. The van der Waals surface area contributed by atoms with Gasteiger partial charge in [0.2, 0.25) is 5.91 Å². The van der Waals surface area contributed by atoms with Gasteiger partial charge in [-0.05, 0) is 66.8 Å². The van der Waals surface area contributed by atoms with Crippen LogP contribution in [0.15, 0.2) is 83.4 Å². The van der Waals surface area contributed by atoms with Crippen LogP contribution < -0.4 is 20.3 Å². The van der Waals surface area contributed by atoms with Crippen molar-refractivity contribution < 1.29 is 23.6 Å². The van der Waals surface area contributed by atoms with Gasteiger partial charge in [-0.1, -0.05) is 6.07 Å². The normalized spacial score (nSPS) is 16.4. The van der Waals surface area contributed by atoms with Crippen LogP contribution in [0, 0.1) is 10.1 Å². The minimum atomic E-state index is -0.478. The largest absolute Gasteiger partial charge is 0.496 e. The molecule has 3 heterocycles. The Morgan fingerprint density at radius 1 is 1.15 bits per heavy atom. The van der Waals surface area contributed by atoms with Crippen LogP contribution >= 0.6 is 12.2 Å². The molecule has 0 saturated carbocycles. The maximum Gasteiger partial charge on any atom is 0.273 e. The summed E-state index contributed by atoms with van der Waals surface area (Å²) in [5, 5.41) is 17.9. The number of ether oxygens (including phenoxy) is 2. The molecule has 204 valence electrons. The first kappa shape index (κ1) is 26.8. The number of carbonyl (C=O) groups excluding carboxylic acids is 1. The molecule has 0 bridgehead atoms. The van der Waals surface area contributed by atoms with E-state index < -0.39 is 11.0 Å². The van der Waals surface area contributed by atoms with Crippen LogP contribution in [0.4, 0.5) is 17.1 Å². The highest BCUT2D eigenvalue weighted by Crippen LogP contribution is 2.44. The van der Waals surface area contributed by atoms with Gasteiger partial charge in [-0.25, -0.2) is 0 Å². The zero-order chi connectivity index (χ0) is 28.2. The number of carbonyl (C=O) groups is 1. The molecule has 5 rings (SSSR count). The van der Waals surface area contributed by atoms with Crippen LogP contribution in [0.5, 0.6) is 5.75 Å². The van der Waals surface area contributed by atoms with Gasteiger partial charge in [-0.2, -0.15) is 0 Å². The lowest BCUT2D eigenvalue weighted by atomic mass is 10.0. The van der Waals surface area contributed by atoms with Gasteiger partial charge in [0.05, 0.1) is 35.4 Å². The second-order valence-corrected chi connectivity index (χ2v) is 9.26. The first-order valence-electron chi connectivity index (χ1n) is 12.2. The van der Waals surface area contributed by atoms with E-state index in [-0.39, 0.29) is 24.2 Å². The van der Waals surface area contributed by atoms with E-state index in [0.717, 1.165) is 11.4 Å². The first-order chi connectivity index (χ1) is 19.4. The number of rotatable bonds is 9. The summed E-state index contributed by atoms with van der Waals surface area (Å²) in [5.74, 6) is 1.14. The summed E-state index contributed by atoms with van der Waals surface area (Å²) in [7, 11) is 2.91. The van der Waals surface area contributed by atoms with Crippen molar-refractivity contribution in [3.05, 3.63) is 101 Å². The predicted octanol–water partition coefficient (Wildman–Crippen LogP) is 5.02. The van der Waals surface area contributed by atoms with E-state index in [1.54, 1.807) is 30.5 Å². The van der Waals surface area contributed by atoms with E-state index in [0.29, 0.717) is 33.6 Å². The molecular weight excluding hydrogens is 534 g/mol. The fourth-order valence-corrected chi connectivity index (χ4v) is 4.95. The molecule has 2 aromatic carbocycles. The van der Waals surface area contributed by atoms with Crippen molar-refractivity contribution in [1.29, 1.82) is 0 Å². The molecule has 2 unspecified atom stereocenters. The number of thiocarbonyl (C=S) groups is 1. The van der Waals surface area contributed by atoms with Crippen LogP contribution in [-0.4, -0.2) is 41.8 Å². The van der Waals surface area contributed by atoms with Gasteiger partial charge >= 0.3 is 0 Å². The second kappa shape index (κ2) is 11.5. The van der Waals surface area contributed by atoms with Crippen LogP contribution in [0.2, 0.25) is 0 Å². The quantitative estimate of drug-likeness (QED) is 0.164. The number of furan rings is 1. The Kier molecular flexibility index (Phi) is 7.71. The van der Waals surface area contributed by atoms with Gasteiger partial charge in [0.15, 0.2) is 5.11 Å². The average molecular weight is 560 g/mol. The molecule has 12 heteroatoms. The van der Waals surface area contributed by atoms with Crippen molar-refractivity contribution in [3.8, 4) is 17.1 Å². The Morgan fingerprint density at radius 3 is 2.62 bits per heavy atom. The van der Waals surface area contributed by atoms with Crippen LogP contribution in [0.25, 0.3) is 11.3 Å². The maximum absolute atomic E-state index is 11.9. The number of nitro benzene ring substituents is 1. The molecule has 11 nitrogen and oxygen atoms in total. The van der Waals surface area contributed by atoms with Crippen molar-refractivity contribution in [3.63, 3.8) is 0 Å². The van der Waals surface area contributed by atoms with Gasteiger partial charge in [0.25, 0.3) is 5.69 Å². The fraction of sp³-hybridized carbons (Fsp3) is 0.179. The smallest absolute Gasteiger partial charge is 0.273 e. The molecule has 1 amide bonds. The van der Waals surface area contributed by atoms with Gasteiger partial charge in [-0.3, -0.25) is 19.9 Å². The molecule has 0 spiro atoms. The lowest BCUT2D eigenvalue weighted by Crippen LogP contribution is -2.29. The number of aromatic nitrogens is 1. The Hall–Kier alpha value is -4.81. The number of hydrogen-bond acceptors (Lipinski definition) is 8. The van der Waals surface area contributed by atoms with Gasteiger partial charge in [0, 0.05) is 30.7 Å². The third-order valence-electron chi connectivity index (χ3n) is 6.38. The number of hydrogen-bond donors (Lipinski definition) is 2. The van der Waals surface area contributed by atoms with E-state index in [4.69, 9.17) is 26.1 Å². The van der Waals surface area contributed by atoms with Crippen LogP contribution in [0.1, 0.15) is 23.5 Å². The van der Waals surface area contributed by atoms with Crippen molar-refractivity contribution >= 4 is 40.3 Å². The van der Waals surface area contributed by atoms with Gasteiger partial charge < -0.3 is 29.4 Å². The van der Waals surface area contributed by atoms with E-state index >= 15 is 0 Å². The molecule has 4 aromatic rings. The van der Waals surface area contributed by atoms with Gasteiger partial charge in [-0.15, -0.1) is 0 Å². The summed E-state index contributed by atoms with van der Waals surface area (Å²) in [4.78, 5) is 29.2. The van der Waals surface area contributed by atoms with E-state index in [1.165, 1.54) is 26.4 Å². The van der Waals surface area contributed by atoms with Crippen molar-refractivity contribution in [2.75, 3.05) is 31.0 Å². The zero-order valence-electron chi connectivity index (χ0n) is 21.6. The molecule has 2 aromatic heterocycles. The maximum atomic E-state index is 11.9. The number of anilines is 2. The summed E-state index contributed by atoms with van der Waals surface area (Å²) in [6.07, 6.45) is 1.71. The molecule has 1 aliphatic heterocycles. The molecule has 40 heavy (non-hydrogen) atoms. The molecule has 1 aliphatic rings. The van der Waals surface area contributed by atoms with Crippen molar-refractivity contribution in [2.45, 2.75) is 12.1 Å². The highest BCUT2D eigenvalue weighted by atomic mass is 32.1. The lowest BCUT2D eigenvalue weighted by molar-refractivity contribution is -0.384. The van der Waals surface area contributed by atoms with Crippen molar-refractivity contribution in [2.24, 2.45) is 0 Å². The first-order valence-corrected chi connectivity index (χ1v) is 12.6. The summed E-state index contributed by atoms with van der Waals surface area (Å²) in [6, 6.07) is 20.2. The Morgan fingerprint density at radius 2 is 1.95 bits per heavy atom. The number of amides is 1. The number of pyridine rings is 1. The zero-order valence-corrected chi connectivity index (χ0v) is 22.4. The van der Waals surface area contributed by atoms with Gasteiger partial charge in [0.1, 0.15) is 29.9 Å². The Bertz CT molecular complexity index is 1540. The monoisotopic (exact) mass is 559 g/mol. The minimum Gasteiger partial charge on any atom is -0.496 e. The third-order valence-corrected chi connectivity index (χ3v) is 6.70. The lowest BCUT2D eigenvalue weighted by Gasteiger charge is -2.26. The second-order valence-electron chi connectivity index (χ2n) is 8.87. The van der Waals surface area contributed by atoms with E-state index in [2.05, 4.69) is 15.6 Å². The molecule has 1 fully saturated rings. The fourth-order valence-electron chi connectivity index (χ4n) is 4.61. The predicted molar refractivity (Wildman–Crippen MR) is 152 cm³/mol. The average Bonchev–Trinajstić information content (AvgIpc) is 3.58. The molecule has 1 saturated heterocycles. The molecule has 2 N–H and O–H groups in total. The molecule has 0 aliphatic carbocycles. The Labute approximate surface area is 234 Å².